The van der Waals surface area contributed by atoms with Gasteiger partial charge in [-0.15, -0.1) is 11.3 Å². The van der Waals surface area contributed by atoms with Crippen LogP contribution in [0.4, 0.5) is 8.78 Å². The van der Waals surface area contributed by atoms with Gasteiger partial charge in [-0.2, -0.15) is 0 Å². The number of methoxy groups -OCH3 is 1. The van der Waals surface area contributed by atoms with Crippen LogP contribution in [0.15, 0.2) is 36.4 Å². The van der Waals surface area contributed by atoms with E-state index in [0.717, 1.165) is 11.3 Å². The van der Waals surface area contributed by atoms with Gasteiger partial charge in [0.2, 0.25) is 0 Å². The van der Waals surface area contributed by atoms with Crippen LogP contribution in [0.1, 0.15) is 20.8 Å². The SMILES string of the molecule is COc1ccc(CN(C)C(=O)COC(=O)c2sc3cccc(F)c3c2C)cc1F. The van der Waals surface area contributed by atoms with Crippen LogP contribution in [0.25, 0.3) is 10.1 Å². The van der Waals surface area contributed by atoms with Gasteiger partial charge in [0.05, 0.1) is 7.11 Å². The predicted octanol–water partition coefficient (Wildman–Crippen LogP) is 4.31. The fourth-order valence-corrected chi connectivity index (χ4v) is 4.04. The van der Waals surface area contributed by atoms with Gasteiger partial charge < -0.3 is 14.4 Å². The fraction of sp³-hybridized carbons (Fsp3) is 0.238. The van der Waals surface area contributed by atoms with E-state index in [0.29, 0.717) is 21.2 Å². The second-order valence-electron chi connectivity index (χ2n) is 6.46. The van der Waals surface area contributed by atoms with E-state index in [4.69, 9.17) is 9.47 Å². The summed E-state index contributed by atoms with van der Waals surface area (Å²) in [7, 11) is 2.90. The summed E-state index contributed by atoms with van der Waals surface area (Å²) in [6, 6.07) is 9.03. The summed E-state index contributed by atoms with van der Waals surface area (Å²) < 4.78 is 38.4. The number of hydrogen-bond donors (Lipinski definition) is 0. The number of fused-ring (bicyclic) bond motifs is 1. The molecule has 0 aliphatic rings. The molecule has 0 aliphatic carbocycles. The first kappa shape index (κ1) is 20.7. The van der Waals surface area contributed by atoms with Crippen molar-refractivity contribution in [2.75, 3.05) is 20.8 Å². The van der Waals surface area contributed by atoms with Crippen molar-refractivity contribution in [3.8, 4) is 5.75 Å². The summed E-state index contributed by atoms with van der Waals surface area (Å²) in [4.78, 5) is 26.2. The molecular formula is C21H19F2NO4S. The van der Waals surface area contributed by atoms with Crippen molar-refractivity contribution in [2.24, 2.45) is 0 Å². The second kappa shape index (κ2) is 8.57. The number of halogens is 2. The topological polar surface area (TPSA) is 55.8 Å². The maximum absolute atomic E-state index is 14.0. The highest BCUT2D eigenvalue weighted by Crippen LogP contribution is 2.33. The number of thiophene rings is 1. The highest BCUT2D eigenvalue weighted by Gasteiger charge is 2.20. The Morgan fingerprint density at radius 1 is 1.14 bits per heavy atom. The van der Waals surface area contributed by atoms with Gasteiger partial charge in [-0.1, -0.05) is 12.1 Å². The largest absolute Gasteiger partial charge is 0.494 e. The Morgan fingerprint density at radius 3 is 2.55 bits per heavy atom. The summed E-state index contributed by atoms with van der Waals surface area (Å²) in [5.41, 5.74) is 1.06. The van der Waals surface area contributed by atoms with E-state index in [1.165, 1.54) is 37.3 Å². The average molecular weight is 419 g/mol. The molecular weight excluding hydrogens is 400 g/mol. The molecule has 0 atom stereocenters. The zero-order chi connectivity index (χ0) is 21.1. The Bertz CT molecular complexity index is 1080. The van der Waals surface area contributed by atoms with E-state index in [2.05, 4.69) is 0 Å². The average Bonchev–Trinajstić information content (AvgIpc) is 3.04. The molecule has 2 aromatic carbocycles. The Kier molecular flexibility index (Phi) is 6.12. The molecule has 0 aliphatic heterocycles. The molecule has 3 rings (SSSR count). The fourth-order valence-electron chi connectivity index (χ4n) is 2.92. The molecule has 0 bridgehead atoms. The first-order valence-electron chi connectivity index (χ1n) is 8.73. The summed E-state index contributed by atoms with van der Waals surface area (Å²) in [6.45, 7) is 1.32. The van der Waals surface area contributed by atoms with Crippen LogP contribution in [0.3, 0.4) is 0 Å². The number of amides is 1. The minimum atomic E-state index is -0.680. The van der Waals surface area contributed by atoms with Crippen molar-refractivity contribution < 1.29 is 27.8 Å². The predicted molar refractivity (Wildman–Crippen MR) is 106 cm³/mol. The van der Waals surface area contributed by atoms with Gasteiger partial charge in [0.1, 0.15) is 10.7 Å². The second-order valence-corrected chi connectivity index (χ2v) is 7.52. The molecule has 0 N–H and O–H groups in total. The summed E-state index contributed by atoms with van der Waals surface area (Å²) in [5, 5.41) is 0.384. The zero-order valence-electron chi connectivity index (χ0n) is 16.1. The lowest BCUT2D eigenvalue weighted by Gasteiger charge is -2.17. The number of ether oxygens (including phenoxy) is 2. The molecule has 0 saturated heterocycles. The molecule has 1 heterocycles. The Balaban J connectivity index is 1.63. The smallest absolute Gasteiger partial charge is 0.349 e. The molecule has 3 aromatic rings. The molecule has 0 spiro atoms. The van der Waals surface area contributed by atoms with Crippen LogP contribution in [0, 0.1) is 18.6 Å². The van der Waals surface area contributed by atoms with E-state index in [1.54, 1.807) is 25.1 Å². The van der Waals surface area contributed by atoms with Crippen molar-refractivity contribution in [2.45, 2.75) is 13.5 Å². The van der Waals surface area contributed by atoms with Crippen molar-refractivity contribution in [1.29, 1.82) is 0 Å². The zero-order valence-corrected chi connectivity index (χ0v) is 16.9. The number of carbonyl (C=O) groups excluding carboxylic acids is 2. The highest BCUT2D eigenvalue weighted by atomic mass is 32.1. The van der Waals surface area contributed by atoms with Crippen LogP contribution in [-0.2, 0) is 16.1 Å². The molecule has 1 aromatic heterocycles. The number of carbonyl (C=O) groups is 2. The van der Waals surface area contributed by atoms with E-state index in [1.807, 2.05) is 0 Å². The monoisotopic (exact) mass is 419 g/mol. The van der Waals surface area contributed by atoms with E-state index < -0.39 is 30.1 Å². The van der Waals surface area contributed by atoms with Crippen LogP contribution < -0.4 is 4.74 Å². The standard InChI is InChI=1S/C21H19F2NO4S/c1-12-19-14(22)5-4-6-17(19)29-20(12)21(26)28-11-18(25)24(2)10-13-7-8-16(27-3)15(23)9-13/h4-9H,10-11H2,1-3H3. The van der Waals surface area contributed by atoms with Gasteiger partial charge in [0.25, 0.3) is 5.91 Å². The molecule has 8 heteroatoms. The number of nitrogens with zero attached hydrogens (tertiary/aromatic N) is 1. The summed E-state index contributed by atoms with van der Waals surface area (Å²) >= 11 is 1.12. The third kappa shape index (κ3) is 4.37. The number of likely N-dealkylation sites (N-methyl/N-ethyl adjacent to an activating group) is 1. The molecule has 1 amide bonds. The van der Waals surface area contributed by atoms with Crippen molar-refractivity contribution in [3.05, 3.63) is 64.0 Å². The minimum Gasteiger partial charge on any atom is -0.494 e. The maximum atomic E-state index is 14.0. The Morgan fingerprint density at radius 2 is 1.90 bits per heavy atom. The lowest BCUT2D eigenvalue weighted by atomic mass is 10.1. The number of rotatable bonds is 6. The third-order valence-corrected chi connectivity index (χ3v) is 5.71. The molecule has 152 valence electrons. The van der Waals surface area contributed by atoms with Crippen LogP contribution >= 0.6 is 11.3 Å². The van der Waals surface area contributed by atoms with E-state index in [9.17, 15) is 18.4 Å². The van der Waals surface area contributed by atoms with Gasteiger partial charge in [-0.05, 0) is 42.3 Å². The first-order chi connectivity index (χ1) is 13.8. The Hall–Kier alpha value is -3.00. The van der Waals surface area contributed by atoms with Gasteiger partial charge in [-0.25, -0.2) is 13.6 Å². The minimum absolute atomic E-state index is 0.117. The lowest BCUT2D eigenvalue weighted by molar-refractivity contribution is -0.133. The van der Waals surface area contributed by atoms with Crippen molar-refractivity contribution in [3.63, 3.8) is 0 Å². The highest BCUT2D eigenvalue weighted by molar-refractivity contribution is 7.21. The molecule has 0 radical (unpaired) electrons. The normalized spacial score (nSPS) is 10.8. The molecule has 0 unspecified atom stereocenters. The van der Waals surface area contributed by atoms with Crippen LogP contribution in [-0.4, -0.2) is 37.5 Å². The van der Waals surface area contributed by atoms with Crippen LogP contribution in [0.2, 0.25) is 0 Å². The molecule has 5 nitrogen and oxygen atoms in total. The molecule has 29 heavy (non-hydrogen) atoms. The van der Waals surface area contributed by atoms with Gasteiger partial charge in [-0.3, -0.25) is 4.79 Å². The number of esters is 1. The van der Waals surface area contributed by atoms with Gasteiger partial charge >= 0.3 is 5.97 Å². The van der Waals surface area contributed by atoms with Crippen LogP contribution in [0.5, 0.6) is 5.75 Å². The van der Waals surface area contributed by atoms with E-state index in [-0.39, 0.29) is 17.2 Å². The molecule has 0 fully saturated rings. The van der Waals surface area contributed by atoms with E-state index >= 15 is 0 Å². The van der Waals surface area contributed by atoms with Gasteiger partial charge in [0, 0.05) is 23.7 Å². The van der Waals surface area contributed by atoms with Crippen molar-refractivity contribution >= 4 is 33.3 Å². The number of benzene rings is 2. The van der Waals surface area contributed by atoms with Crippen molar-refractivity contribution in [1.82, 2.24) is 4.90 Å². The lowest BCUT2D eigenvalue weighted by Crippen LogP contribution is -2.30. The maximum Gasteiger partial charge on any atom is 0.349 e. The Labute approximate surface area is 170 Å². The number of hydrogen-bond acceptors (Lipinski definition) is 5. The summed E-state index contributed by atoms with van der Waals surface area (Å²) in [5.74, 6) is -1.94. The molecule has 0 saturated carbocycles. The number of aryl methyl sites for hydroxylation is 1. The third-order valence-electron chi connectivity index (χ3n) is 4.48. The quantitative estimate of drug-likeness (QED) is 0.559. The summed E-state index contributed by atoms with van der Waals surface area (Å²) in [6.07, 6.45) is 0. The first-order valence-corrected chi connectivity index (χ1v) is 9.54. The van der Waals surface area contributed by atoms with Gasteiger partial charge in [0.15, 0.2) is 18.2 Å².